The van der Waals surface area contributed by atoms with E-state index in [0.29, 0.717) is 33.3 Å². The Balaban J connectivity index is 1.45. The van der Waals surface area contributed by atoms with E-state index in [1.54, 1.807) is 54.6 Å². The summed E-state index contributed by atoms with van der Waals surface area (Å²) in [6, 6.07) is 19.4. The summed E-state index contributed by atoms with van der Waals surface area (Å²) >= 11 is 6.75. The van der Waals surface area contributed by atoms with E-state index in [0.717, 1.165) is 27.8 Å². The second-order valence-electron chi connectivity index (χ2n) is 8.24. The number of benzene rings is 3. The highest BCUT2D eigenvalue weighted by Crippen LogP contribution is 2.35. The zero-order valence-electron chi connectivity index (χ0n) is 20.5. The lowest BCUT2D eigenvalue weighted by atomic mass is 10.1. The monoisotopic (exact) mass is 547 g/mol. The Morgan fingerprint density at radius 3 is 2.68 bits per heavy atom. The first-order chi connectivity index (χ1) is 18.3. The summed E-state index contributed by atoms with van der Waals surface area (Å²) in [7, 11) is 1.49. The highest BCUT2D eigenvalue weighted by atomic mass is 35.5. The minimum Gasteiger partial charge on any atom is -0.493 e. The summed E-state index contributed by atoms with van der Waals surface area (Å²) in [4.78, 5) is 39.0. The van der Waals surface area contributed by atoms with Crippen LogP contribution in [0, 0.1) is 18.3 Å². The normalized spacial score (nSPS) is 13.9. The van der Waals surface area contributed by atoms with Gasteiger partial charge in [-0.15, -0.1) is 0 Å². The van der Waals surface area contributed by atoms with Crippen molar-refractivity contribution in [3.63, 3.8) is 0 Å². The Bertz CT molecular complexity index is 1500. The van der Waals surface area contributed by atoms with Gasteiger partial charge in [0.15, 0.2) is 11.5 Å². The van der Waals surface area contributed by atoms with E-state index < -0.39 is 23.6 Å². The maximum atomic E-state index is 12.9. The number of ether oxygens (including phenoxy) is 2. The molecule has 3 amide bonds. The topological polar surface area (TPSA) is 109 Å². The van der Waals surface area contributed by atoms with Crippen molar-refractivity contribution in [3.8, 4) is 17.6 Å². The van der Waals surface area contributed by atoms with Crippen molar-refractivity contribution in [2.75, 3.05) is 19.0 Å². The highest BCUT2D eigenvalue weighted by Gasteiger charge is 2.36. The fraction of sp³-hybridized carbons (Fsp3) is 0.143. The zero-order chi connectivity index (χ0) is 27.2. The molecule has 0 saturated carbocycles. The molecule has 1 heterocycles. The number of halogens is 1. The molecule has 1 aliphatic rings. The van der Waals surface area contributed by atoms with Crippen LogP contribution in [0.5, 0.6) is 11.5 Å². The Kier molecular flexibility index (Phi) is 8.36. The third kappa shape index (κ3) is 6.17. The maximum Gasteiger partial charge on any atom is 0.294 e. The summed E-state index contributed by atoms with van der Waals surface area (Å²) in [6.45, 7) is 1.56. The number of hydrogen-bond donors (Lipinski definition) is 1. The van der Waals surface area contributed by atoms with E-state index in [1.165, 1.54) is 7.11 Å². The lowest BCUT2D eigenvalue weighted by molar-refractivity contribution is -0.127. The molecule has 1 N–H and O–H groups in total. The standard InChI is InChI=1S/C28H22ClN3O5S/c1-17-7-9-21(29)13-22(17)31-26(33)15-32-27(34)25(38-28(32)35)12-18-8-10-23(24(11-18)36-2)37-16-20-6-4-3-5-19(20)14-30/h3-13H,15-16H2,1-2H3,(H,31,33)/b25-12-. The maximum absolute atomic E-state index is 12.9. The Hall–Kier alpha value is -4.26. The molecule has 0 aliphatic carbocycles. The van der Waals surface area contributed by atoms with Crippen LogP contribution in [0.1, 0.15) is 22.3 Å². The van der Waals surface area contributed by atoms with Gasteiger partial charge < -0.3 is 14.8 Å². The van der Waals surface area contributed by atoms with E-state index in [-0.39, 0.29) is 11.5 Å². The van der Waals surface area contributed by atoms with Gasteiger partial charge in [0.1, 0.15) is 13.2 Å². The van der Waals surface area contributed by atoms with Crippen LogP contribution in [-0.2, 0) is 16.2 Å². The minimum absolute atomic E-state index is 0.176. The molecule has 4 rings (SSSR count). The van der Waals surface area contributed by atoms with Crippen molar-refractivity contribution in [3.05, 3.63) is 92.8 Å². The summed E-state index contributed by atoms with van der Waals surface area (Å²) in [6.07, 6.45) is 1.56. The number of nitriles is 1. The second-order valence-corrected chi connectivity index (χ2v) is 9.67. The van der Waals surface area contributed by atoms with E-state index >= 15 is 0 Å². The number of amides is 3. The fourth-order valence-electron chi connectivity index (χ4n) is 3.65. The number of imide groups is 1. The molecule has 3 aromatic rings. The number of carbonyl (C=O) groups is 3. The van der Waals surface area contributed by atoms with Crippen molar-refractivity contribution in [2.24, 2.45) is 0 Å². The predicted molar refractivity (Wildman–Crippen MR) is 146 cm³/mol. The SMILES string of the molecule is COc1cc(/C=C2\SC(=O)N(CC(=O)Nc3cc(Cl)ccc3C)C2=O)ccc1OCc1ccccc1C#N. The van der Waals surface area contributed by atoms with Crippen molar-refractivity contribution in [1.29, 1.82) is 5.26 Å². The van der Waals surface area contributed by atoms with Crippen LogP contribution in [0.3, 0.4) is 0 Å². The molecule has 0 atom stereocenters. The number of aryl methyl sites for hydroxylation is 1. The summed E-state index contributed by atoms with van der Waals surface area (Å²) in [5.41, 5.74) is 3.18. The first kappa shape index (κ1) is 26.8. The van der Waals surface area contributed by atoms with Crippen molar-refractivity contribution in [1.82, 2.24) is 4.90 Å². The molecule has 0 unspecified atom stereocenters. The molecule has 0 bridgehead atoms. The van der Waals surface area contributed by atoms with Gasteiger partial charge in [-0.2, -0.15) is 5.26 Å². The number of hydrogen-bond acceptors (Lipinski definition) is 7. The molecule has 0 radical (unpaired) electrons. The van der Waals surface area contributed by atoms with E-state index in [2.05, 4.69) is 11.4 Å². The number of nitrogens with zero attached hydrogens (tertiary/aromatic N) is 2. The van der Waals surface area contributed by atoms with Crippen LogP contribution in [0.25, 0.3) is 6.08 Å². The minimum atomic E-state index is -0.564. The molecule has 8 nitrogen and oxygen atoms in total. The Morgan fingerprint density at radius 2 is 1.92 bits per heavy atom. The van der Waals surface area contributed by atoms with Gasteiger partial charge in [0.25, 0.3) is 11.1 Å². The van der Waals surface area contributed by atoms with Crippen molar-refractivity contribution >= 4 is 52.2 Å². The number of rotatable bonds is 8. The number of nitrogens with one attached hydrogen (secondary N) is 1. The summed E-state index contributed by atoms with van der Waals surface area (Å²) < 4.78 is 11.3. The largest absolute Gasteiger partial charge is 0.493 e. The third-order valence-electron chi connectivity index (χ3n) is 5.66. The number of carbonyl (C=O) groups excluding carboxylic acids is 3. The molecule has 3 aromatic carbocycles. The van der Waals surface area contributed by atoms with Gasteiger partial charge in [-0.3, -0.25) is 19.3 Å². The van der Waals surface area contributed by atoms with Crippen LogP contribution >= 0.6 is 23.4 Å². The van der Waals surface area contributed by atoms with Gasteiger partial charge in [-0.05, 0) is 66.2 Å². The summed E-state index contributed by atoms with van der Waals surface area (Å²) in [5.74, 6) is -0.201. The average Bonchev–Trinajstić information content (AvgIpc) is 3.17. The molecule has 38 heavy (non-hydrogen) atoms. The molecular formula is C28H22ClN3O5S. The van der Waals surface area contributed by atoms with Gasteiger partial charge in [0, 0.05) is 16.3 Å². The molecule has 1 aliphatic heterocycles. The smallest absolute Gasteiger partial charge is 0.294 e. The predicted octanol–water partition coefficient (Wildman–Crippen LogP) is 5.78. The third-order valence-corrected chi connectivity index (χ3v) is 6.80. The molecule has 0 aromatic heterocycles. The lowest BCUT2D eigenvalue weighted by Crippen LogP contribution is -2.36. The number of methoxy groups -OCH3 is 1. The first-order valence-corrected chi connectivity index (χ1v) is 12.6. The van der Waals surface area contributed by atoms with Gasteiger partial charge in [0.2, 0.25) is 5.91 Å². The Labute approximate surface area is 228 Å². The van der Waals surface area contributed by atoms with Gasteiger partial charge in [-0.1, -0.05) is 41.9 Å². The van der Waals surface area contributed by atoms with E-state index in [4.69, 9.17) is 21.1 Å². The first-order valence-electron chi connectivity index (χ1n) is 11.4. The van der Waals surface area contributed by atoms with E-state index in [9.17, 15) is 19.6 Å². The van der Waals surface area contributed by atoms with E-state index in [1.807, 2.05) is 19.1 Å². The molecule has 192 valence electrons. The molecule has 0 spiro atoms. The van der Waals surface area contributed by atoms with Gasteiger partial charge in [0.05, 0.1) is 23.6 Å². The van der Waals surface area contributed by atoms with Crippen LogP contribution in [0.2, 0.25) is 5.02 Å². The number of thioether (sulfide) groups is 1. The van der Waals surface area contributed by atoms with Crippen LogP contribution in [0.15, 0.2) is 65.6 Å². The van der Waals surface area contributed by atoms with Crippen LogP contribution < -0.4 is 14.8 Å². The molecule has 1 saturated heterocycles. The highest BCUT2D eigenvalue weighted by molar-refractivity contribution is 8.18. The van der Waals surface area contributed by atoms with Crippen molar-refractivity contribution in [2.45, 2.75) is 13.5 Å². The quantitative estimate of drug-likeness (QED) is 0.356. The van der Waals surface area contributed by atoms with Crippen LogP contribution in [-0.4, -0.2) is 35.6 Å². The average molecular weight is 548 g/mol. The zero-order valence-corrected chi connectivity index (χ0v) is 22.1. The van der Waals surface area contributed by atoms with Crippen LogP contribution in [0.4, 0.5) is 10.5 Å². The molecular weight excluding hydrogens is 526 g/mol. The van der Waals surface area contributed by atoms with Gasteiger partial charge >= 0.3 is 0 Å². The fourth-order valence-corrected chi connectivity index (χ4v) is 4.66. The molecule has 10 heteroatoms. The van der Waals surface area contributed by atoms with Crippen molar-refractivity contribution < 1.29 is 23.9 Å². The number of anilines is 1. The Morgan fingerprint density at radius 1 is 1.13 bits per heavy atom. The summed E-state index contributed by atoms with van der Waals surface area (Å²) in [5, 5.41) is 11.9. The second kappa shape index (κ2) is 11.9. The molecule has 1 fully saturated rings. The lowest BCUT2D eigenvalue weighted by Gasteiger charge is -2.14. The van der Waals surface area contributed by atoms with Gasteiger partial charge in [-0.25, -0.2) is 0 Å².